The zero-order valence-electron chi connectivity index (χ0n) is 13.1. The number of nitrogens with two attached hydrogens (primary N) is 1. The fourth-order valence-corrected chi connectivity index (χ4v) is 2.85. The molecular weight excluding hydrogens is 266 g/mol. The zero-order chi connectivity index (χ0) is 15.4. The molecule has 0 aliphatic carbocycles. The Morgan fingerprint density at radius 2 is 2.05 bits per heavy atom. The van der Waals surface area contributed by atoms with E-state index in [1.165, 1.54) is 0 Å². The standard InChI is InChI=1S/C16H25N3O2/c1-4-13(17)16(12-7-5-6-8-14(12)21-3)19-10-9-18(2)15(20)11-19/h5-8,13,16H,4,9-11,17H2,1-3H3. The van der Waals surface area contributed by atoms with Gasteiger partial charge in [-0.25, -0.2) is 0 Å². The average Bonchev–Trinajstić information content (AvgIpc) is 2.51. The topological polar surface area (TPSA) is 58.8 Å². The number of hydrogen-bond donors (Lipinski definition) is 1. The van der Waals surface area contributed by atoms with Crippen LogP contribution < -0.4 is 10.5 Å². The Bertz CT molecular complexity index is 492. The number of nitrogens with zero attached hydrogens (tertiary/aromatic N) is 2. The molecule has 0 saturated carbocycles. The second-order valence-corrected chi connectivity index (χ2v) is 5.54. The largest absolute Gasteiger partial charge is 0.496 e. The lowest BCUT2D eigenvalue weighted by Gasteiger charge is -2.40. The molecule has 5 heteroatoms. The van der Waals surface area contributed by atoms with Gasteiger partial charge in [0.1, 0.15) is 5.75 Å². The van der Waals surface area contributed by atoms with Crippen molar-refractivity contribution in [3.05, 3.63) is 29.8 Å². The van der Waals surface area contributed by atoms with E-state index in [0.717, 1.165) is 30.8 Å². The Morgan fingerprint density at radius 1 is 1.33 bits per heavy atom. The van der Waals surface area contributed by atoms with Gasteiger partial charge >= 0.3 is 0 Å². The van der Waals surface area contributed by atoms with Gasteiger partial charge in [0.2, 0.25) is 5.91 Å². The third-order valence-corrected chi connectivity index (χ3v) is 4.21. The number of amides is 1. The lowest BCUT2D eigenvalue weighted by Crippen LogP contribution is -2.53. The van der Waals surface area contributed by atoms with Crippen molar-refractivity contribution in [1.82, 2.24) is 9.80 Å². The summed E-state index contributed by atoms with van der Waals surface area (Å²) in [6.07, 6.45) is 0.850. The summed E-state index contributed by atoms with van der Waals surface area (Å²) >= 11 is 0. The summed E-state index contributed by atoms with van der Waals surface area (Å²) in [5, 5.41) is 0. The number of hydrogen-bond acceptors (Lipinski definition) is 4. The number of piperazine rings is 1. The SMILES string of the molecule is CCC(N)C(c1ccccc1OC)N1CCN(C)C(=O)C1. The summed E-state index contributed by atoms with van der Waals surface area (Å²) in [6, 6.07) is 7.91. The van der Waals surface area contributed by atoms with Crippen LogP contribution >= 0.6 is 0 Å². The smallest absolute Gasteiger partial charge is 0.236 e. The minimum absolute atomic E-state index is 0.00352. The minimum atomic E-state index is -0.0301. The van der Waals surface area contributed by atoms with E-state index in [1.807, 2.05) is 31.3 Å². The number of rotatable bonds is 5. The van der Waals surface area contributed by atoms with Gasteiger partial charge in [-0.1, -0.05) is 25.1 Å². The molecule has 1 aromatic rings. The number of ether oxygens (including phenoxy) is 1. The van der Waals surface area contributed by atoms with Crippen LogP contribution in [0.15, 0.2) is 24.3 Å². The molecule has 1 amide bonds. The van der Waals surface area contributed by atoms with Gasteiger partial charge in [-0.05, 0) is 12.5 Å². The van der Waals surface area contributed by atoms with E-state index >= 15 is 0 Å². The van der Waals surface area contributed by atoms with Crippen LogP contribution in [-0.2, 0) is 4.79 Å². The first-order valence-corrected chi connectivity index (χ1v) is 7.45. The fourth-order valence-electron chi connectivity index (χ4n) is 2.85. The van der Waals surface area contributed by atoms with Crippen molar-refractivity contribution in [2.24, 2.45) is 5.73 Å². The van der Waals surface area contributed by atoms with Crippen LogP contribution in [0.4, 0.5) is 0 Å². The van der Waals surface area contributed by atoms with Crippen LogP contribution in [0.5, 0.6) is 5.75 Å². The van der Waals surface area contributed by atoms with E-state index in [0.29, 0.717) is 6.54 Å². The van der Waals surface area contributed by atoms with Crippen LogP contribution in [0.2, 0.25) is 0 Å². The van der Waals surface area contributed by atoms with E-state index in [1.54, 1.807) is 12.0 Å². The molecule has 2 atom stereocenters. The van der Waals surface area contributed by atoms with Gasteiger partial charge in [0.25, 0.3) is 0 Å². The van der Waals surface area contributed by atoms with Gasteiger partial charge in [0.15, 0.2) is 0 Å². The highest BCUT2D eigenvalue weighted by atomic mass is 16.5. The summed E-state index contributed by atoms with van der Waals surface area (Å²) < 4.78 is 5.48. The number of para-hydroxylation sites is 1. The van der Waals surface area contributed by atoms with E-state index in [4.69, 9.17) is 10.5 Å². The summed E-state index contributed by atoms with van der Waals surface area (Å²) in [4.78, 5) is 16.0. The zero-order valence-corrected chi connectivity index (χ0v) is 13.1. The van der Waals surface area contributed by atoms with Crippen molar-refractivity contribution < 1.29 is 9.53 Å². The van der Waals surface area contributed by atoms with Gasteiger partial charge in [-0.3, -0.25) is 9.69 Å². The van der Waals surface area contributed by atoms with Crippen molar-refractivity contribution in [3.8, 4) is 5.75 Å². The molecule has 2 N–H and O–H groups in total. The lowest BCUT2D eigenvalue weighted by atomic mass is 9.94. The molecule has 1 fully saturated rings. The first-order valence-electron chi connectivity index (χ1n) is 7.45. The summed E-state index contributed by atoms with van der Waals surface area (Å²) in [5.41, 5.74) is 7.42. The molecule has 21 heavy (non-hydrogen) atoms. The maximum absolute atomic E-state index is 12.0. The molecule has 0 aromatic heterocycles. The Balaban J connectivity index is 2.33. The van der Waals surface area contributed by atoms with E-state index in [2.05, 4.69) is 11.8 Å². The van der Waals surface area contributed by atoms with Gasteiger partial charge in [0, 0.05) is 31.7 Å². The molecule has 1 saturated heterocycles. The quantitative estimate of drug-likeness (QED) is 0.887. The fraction of sp³-hybridized carbons (Fsp3) is 0.562. The number of methoxy groups -OCH3 is 1. The normalized spacial score (nSPS) is 19.4. The van der Waals surface area contributed by atoms with E-state index in [-0.39, 0.29) is 18.0 Å². The monoisotopic (exact) mass is 291 g/mol. The maximum atomic E-state index is 12.0. The molecule has 1 aliphatic rings. The number of benzene rings is 1. The molecule has 5 nitrogen and oxygen atoms in total. The van der Waals surface area contributed by atoms with Gasteiger partial charge < -0.3 is 15.4 Å². The molecule has 1 aromatic carbocycles. The van der Waals surface area contributed by atoms with Crippen LogP contribution in [0.25, 0.3) is 0 Å². The predicted octanol–water partition coefficient (Wildman–Crippen LogP) is 1.25. The second-order valence-electron chi connectivity index (χ2n) is 5.54. The van der Waals surface area contributed by atoms with Crippen molar-refractivity contribution >= 4 is 5.91 Å². The highest BCUT2D eigenvalue weighted by Crippen LogP contribution is 2.32. The molecule has 0 radical (unpaired) electrons. The van der Waals surface area contributed by atoms with Crippen molar-refractivity contribution in [3.63, 3.8) is 0 Å². The summed E-state index contributed by atoms with van der Waals surface area (Å²) in [5.74, 6) is 0.974. The molecule has 2 rings (SSSR count). The summed E-state index contributed by atoms with van der Waals surface area (Å²) in [7, 11) is 3.51. The Kier molecular flexibility index (Phi) is 5.20. The molecule has 0 spiro atoms. The minimum Gasteiger partial charge on any atom is -0.496 e. The van der Waals surface area contributed by atoms with Gasteiger partial charge in [-0.15, -0.1) is 0 Å². The molecular formula is C16H25N3O2. The summed E-state index contributed by atoms with van der Waals surface area (Å²) in [6.45, 7) is 4.05. The molecule has 116 valence electrons. The van der Waals surface area contributed by atoms with Crippen molar-refractivity contribution in [2.45, 2.75) is 25.4 Å². The lowest BCUT2D eigenvalue weighted by molar-refractivity contribution is -0.135. The Morgan fingerprint density at radius 3 is 2.67 bits per heavy atom. The first kappa shape index (κ1) is 15.8. The predicted molar refractivity (Wildman–Crippen MR) is 83.2 cm³/mol. The average molecular weight is 291 g/mol. The number of carbonyl (C=O) groups is 1. The van der Waals surface area contributed by atoms with Crippen molar-refractivity contribution in [2.75, 3.05) is 33.8 Å². The van der Waals surface area contributed by atoms with Crippen LogP contribution in [0, 0.1) is 0 Å². The van der Waals surface area contributed by atoms with Crippen LogP contribution in [0.1, 0.15) is 24.9 Å². The third kappa shape index (κ3) is 3.36. The second kappa shape index (κ2) is 6.91. The number of likely N-dealkylation sites (N-methyl/N-ethyl adjacent to an activating group) is 1. The molecule has 1 heterocycles. The van der Waals surface area contributed by atoms with Gasteiger partial charge in [0.05, 0.1) is 19.7 Å². The van der Waals surface area contributed by atoms with Crippen LogP contribution in [0.3, 0.4) is 0 Å². The van der Waals surface area contributed by atoms with E-state index < -0.39 is 0 Å². The molecule has 0 bridgehead atoms. The molecule has 1 aliphatic heterocycles. The first-order chi connectivity index (χ1) is 10.1. The highest BCUT2D eigenvalue weighted by molar-refractivity contribution is 5.78. The Labute approximate surface area is 126 Å². The maximum Gasteiger partial charge on any atom is 0.236 e. The van der Waals surface area contributed by atoms with E-state index in [9.17, 15) is 4.79 Å². The molecule has 2 unspecified atom stereocenters. The number of carbonyl (C=O) groups excluding carboxylic acids is 1. The van der Waals surface area contributed by atoms with Crippen LogP contribution in [-0.4, -0.2) is 55.5 Å². The third-order valence-electron chi connectivity index (χ3n) is 4.21. The highest BCUT2D eigenvalue weighted by Gasteiger charge is 2.32. The van der Waals surface area contributed by atoms with Gasteiger partial charge in [-0.2, -0.15) is 0 Å². The Hall–Kier alpha value is -1.59. The van der Waals surface area contributed by atoms with Crippen molar-refractivity contribution in [1.29, 1.82) is 0 Å².